The van der Waals surface area contributed by atoms with E-state index in [1.54, 1.807) is 30.5 Å². The quantitative estimate of drug-likeness (QED) is 0.319. The minimum absolute atomic E-state index is 0.114. The first-order valence-electron chi connectivity index (χ1n) is 8.30. The predicted molar refractivity (Wildman–Crippen MR) is 100.0 cm³/mol. The molecule has 0 N–H and O–H groups in total. The number of carbonyl (C=O) groups is 2. The van der Waals surface area contributed by atoms with Crippen LogP contribution in [-0.4, -0.2) is 35.3 Å². The summed E-state index contributed by atoms with van der Waals surface area (Å²) >= 11 is 1.46. The van der Waals surface area contributed by atoms with Gasteiger partial charge in [0.25, 0.3) is 0 Å². The fourth-order valence-corrected chi connectivity index (χ4v) is 3.45. The molecule has 2 heterocycles. The minimum atomic E-state index is -0.685. The topological polar surface area (TPSA) is 80.8 Å². The molecular formula is C19H20N2O4S. The first kappa shape index (κ1) is 19.6. The van der Waals surface area contributed by atoms with Crippen molar-refractivity contribution < 1.29 is 19.1 Å². The van der Waals surface area contributed by atoms with Gasteiger partial charge in [0.1, 0.15) is 17.3 Å². The standard InChI is InChI=1S/C19H20N2O4S/c1-4-24-18(22)13(12-20)11-14-15-9-7-8-10-21(15)16(17(14)26-6-3)19(23)25-5-2/h7-11H,4-6H2,1-3H3/b13-11-. The molecule has 2 aromatic heterocycles. The molecule has 0 saturated carbocycles. The number of nitriles is 1. The second-order valence-corrected chi connectivity index (χ2v) is 6.37. The zero-order valence-corrected chi connectivity index (χ0v) is 15.8. The summed E-state index contributed by atoms with van der Waals surface area (Å²) in [6.45, 7) is 5.82. The fraction of sp³-hybridized carbons (Fsp3) is 0.316. The maximum Gasteiger partial charge on any atom is 0.356 e. The van der Waals surface area contributed by atoms with Crippen molar-refractivity contribution in [2.45, 2.75) is 25.7 Å². The molecule has 0 saturated heterocycles. The van der Waals surface area contributed by atoms with Crippen molar-refractivity contribution in [2.75, 3.05) is 19.0 Å². The number of ether oxygens (including phenoxy) is 2. The smallest absolute Gasteiger partial charge is 0.356 e. The van der Waals surface area contributed by atoms with E-state index in [9.17, 15) is 14.9 Å². The van der Waals surface area contributed by atoms with Gasteiger partial charge < -0.3 is 13.9 Å². The van der Waals surface area contributed by atoms with Gasteiger partial charge in [-0.2, -0.15) is 5.26 Å². The van der Waals surface area contributed by atoms with Crippen molar-refractivity contribution in [2.24, 2.45) is 0 Å². The number of carbonyl (C=O) groups excluding carboxylic acids is 2. The Morgan fingerprint density at radius 3 is 2.58 bits per heavy atom. The summed E-state index contributed by atoms with van der Waals surface area (Å²) in [4.78, 5) is 25.2. The maximum atomic E-state index is 12.5. The summed E-state index contributed by atoms with van der Waals surface area (Å²) in [5.41, 5.74) is 1.62. The molecule has 2 aromatic rings. The molecule has 0 aliphatic carbocycles. The summed E-state index contributed by atoms with van der Waals surface area (Å²) in [5.74, 6) is -0.417. The molecule has 0 amide bonds. The number of hydrogen-bond donors (Lipinski definition) is 0. The lowest BCUT2D eigenvalue weighted by Gasteiger charge is -2.05. The van der Waals surface area contributed by atoms with Crippen molar-refractivity contribution >= 4 is 35.3 Å². The molecule has 0 aliphatic heterocycles. The summed E-state index contributed by atoms with van der Waals surface area (Å²) < 4.78 is 11.9. The molecule has 0 fully saturated rings. The van der Waals surface area contributed by atoms with Gasteiger partial charge in [-0.1, -0.05) is 13.0 Å². The summed E-state index contributed by atoms with van der Waals surface area (Å²) in [5, 5.41) is 9.35. The van der Waals surface area contributed by atoms with Crippen LogP contribution in [0, 0.1) is 11.3 Å². The van der Waals surface area contributed by atoms with Crippen LogP contribution in [0.2, 0.25) is 0 Å². The third-order valence-corrected chi connectivity index (χ3v) is 4.49. The maximum absolute atomic E-state index is 12.5. The number of fused-ring (bicyclic) bond motifs is 1. The Morgan fingerprint density at radius 1 is 1.23 bits per heavy atom. The van der Waals surface area contributed by atoms with E-state index in [1.807, 2.05) is 25.1 Å². The van der Waals surface area contributed by atoms with E-state index in [4.69, 9.17) is 9.47 Å². The van der Waals surface area contributed by atoms with Gasteiger partial charge in [0.2, 0.25) is 0 Å². The number of thioether (sulfide) groups is 1. The second-order valence-electron chi connectivity index (χ2n) is 5.09. The third kappa shape index (κ3) is 3.92. The molecule has 26 heavy (non-hydrogen) atoms. The van der Waals surface area contributed by atoms with Gasteiger partial charge in [0.15, 0.2) is 0 Å². The van der Waals surface area contributed by atoms with Gasteiger partial charge in [0, 0.05) is 16.7 Å². The zero-order chi connectivity index (χ0) is 19.1. The van der Waals surface area contributed by atoms with Gasteiger partial charge in [-0.05, 0) is 37.8 Å². The van der Waals surface area contributed by atoms with Crippen molar-refractivity contribution in [1.82, 2.24) is 4.40 Å². The highest BCUT2D eigenvalue weighted by atomic mass is 32.2. The van der Waals surface area contributed by atoms with Crippen LogP contribution in [0.3, 0.4) is 0 Å². The molecule has 7 heteroatoms. The highest BCUT2D eigenvalue weighted by Crippen LogP contribution is 2.35. The van der Waals surface area contributed by atoms with Crippen LogP contribution in [0.4, 0.5) is 0 Å². The molecule has 136 valence electrons. The number of pyridine rings is 1. The number of hydrogen-bond acceptors (Lipinski definition) is 6. The third-order valence-electron chi connectivity index (χ3n) is 3.50. The normalized spacial score (nSPS) is 11.2. The Hall–Kier alpha value is -2.72. The summed E-state index contributed by atoms with van der Waals surface area (Å²) in [7, 11) is 0. The van der Waals surface area contributed by atoms with E-state index in [2.05, 4.69) is 0 Å². The molecule has 0 aromatic carbocycles. The van der Waals surface area contributed by atoms with Crippen LogP contribution in [0.25, 0.3) is 11.6 Å². The van der Waals surface area contributed by atoms with Crippen LogP contribution in [0.1, 0.15) is 36.8 Å². The van der Waals surface area contributed by atoms with E-state index >= 15 is 0 Å². The minimum Gasteiger partial charge on any atom is -0.462 e. The van der Waals surface area contributed by atoms with Gasteiger partial charge >= 0.3 is 11.9 Å². The molecule has 0 bridgehead atoms. The number of aromatic nitrogens is 1. The number of nitrogens with zero attached hydrogens (tertiary/aromatic N) is 2. The number of rotatable bonds is 7. The first-order chi connectivity index (χ1) is 12.6. The van der Waals surface area contributed by atoms with Crippen LogP contribution in [0.15, 0.2) is 34.9 Å². The molecular weight excluding hydrogens is 352 g/mol. The lowest BCUT2D eigenvalue weighted by atomic mass is 10.1. The Kier molecular flexibility index (Phi) is 6.87. The van der Waals surface area contributed by atoms with Crippen LogP contribution in [-0.2, 0) is 14.3 Å². The van der Waals surface area contributed by atoms with Crippen LogP contribution in [0.5, 0.6) is 0 Å². The monoisotopic (exact) mass is 372 g/mol. The van der Waals surface area contributed by atoms with Crippen LogP contribution < -0.4 is 0 Å². The molecule has 0 aliphatic rings. The Morgan fingerprint density at radius 2 is 1.96 bits per heavy atom. The zero-order valence-electron chi connectivity index (χ0n) is 14.9. The largest absolute Gasteiger partial charge is 0.462 e. The molecule has 0 unspecified atom stereocenters. The van der Waals surface area contributed by atoms with Crippen molar-refractivity contribution in [3.63, 3.8) is 0 Å². The fourth-order valence-electron chi connectivity index (χ4n) is 2.52. The average Bonchev–Trinajstić information content (AvgIpc) is 2.93. The van der Waals surface area contributed by atoms with Crippen molar-refractivity contribution in [3.8, 4) is 6.07 Å². The lowest BCUT2D eigenvalue weighted by Crippen LogP contribution is -2.09. The van der Waals surface area contributed by atoms with Crippen molar-refractivity contribution in [3.05, 3.63) is 41.2 Å². The Labute approximate surface area is 156 Å². The van der Waals surface area contributed by atoms with E-state index in [0.29, 0.717) is 27.4 Å². The van der Waals surface area contributed by atoms with E-state index in [0.717, 1.165) is 0 Å². The second kappa shape index (κ2) is 9.11. The Bertz CT molecular complexity index is 893. The van der Waals surface area contributed by atoms with Gasteiger partial charge in [0.05, 0.1) is 18.7 Å². The number of esters is 2. The van der Waals surface area contributed by atoms with Crippen molar-refractivity contribution in [1.29, 1.82) is 5.26 Å². The first-order valence-corrected chi connectivity index (χ1v) is 9.29. The van der Waals surface area contributed by atoms with Gasteiger partial charge in [-0.3, -0.25) is 0 Å². The van der Waals surface area contributed by atoms with Gasteiger partial charge in [-0.25, -0.2) is 9.59 Å². The van der Waals surface area contributed by atoms with E-state index in [-0.39, 0.29) is 18.8 Å². The lowest BCUT2D eigenvalue weighted by molar-refractivity contribution is -0.137. The molecule has 2 rings (SSSR count). The molecule has 6 nitrogen and oxygen atoms in total. The summed E-state index contributed by atoms with van der Waals surface area (Å²) in [6.07, 6.45) is 3.24. The highest BCUT2D eigenvalue weighted by Gasteiger charge is 2.24. The average molecular weight is 372 g/mol. The molecule has 0 atom stereocenters. The van der Waals surface area contributed by atoms with E-state index in [1.165, 1.54) is 17.8 Å². The van der Waals surface area contributed by atoms with Crippen LogP contribution >= 0.6 is 11.8 Å². The van der Waals surface area contributed by atoms with Gasteiger partial charge in [-0.15, -0.1) is 11.8 Å². The van der Waals surface area contributed by atoms with E-state index < -0.39 is 11.9 Å². The molecule has 0 radical (unpaired) electrons. The SMILES string of the molecule is CCOC(=O)/C(C#N)=C\c1c(SCC)c(C(=O)OCC)n2ccccc12. The molecule has 0 spiro atoms. The Balaban J connectivity index is 2.76. The highest BCUT2D eigenvalue weighted by molar-refractivity contribution is 7.99. The predicted octanol–water partition coefficient (Wildman–Crippen LogP) is 3.70. The summed E-state index contributed by atoms with van der Waals surface area (Å²) in [6, 6.07) is 7.35.